The SMILES string of the molecule is CCc1noc(CC)c1CNC(=NC)NCc1ccc(F)c(CN(C)C)c1. The topological polar surface area (TPSA) is 65.7 Å². The summed E-state index contributed by atoms with van der Waals surface area (Å²) in [6.07, 6.45) is 1.64. The highest BCUT2D eigenvalue weighted by Crippen LogP contribution is 2.15. The largest absolute Gasteiger partial charge is 0.361 e. The minimum absolute atomic E-state index is 0.179. The number of rotatable bonds is 8. The van der Waals surface area contributed by atoms with Gasteiger partial charge in [0.15, 0.2) is 5.96 Å². The van der Waals surface area contributed by atoms with E-state index in [1.165, 1.54) is 6.07 Å². The van der Waals surface area contributed by atoms with E-state index >= 15 is 0 Å². The van der Waals surface area contributed by atoms with Crippen LogP contribution in [0.25, 0.3) is 0 Å². The minimum atomic E-state index is -0.179. The lowest BCUT2D eigenvalue weighted by molar-refractivity contribution is 0.380. The molecule has 0 aliphatic rings. The van der Waals surface area contributed by atoms with Gasteiger partial charge in [0.25, 0.3) is 0 Å². The molecular formula is C20H30FN5O. The Balaban J connectivity index is 1.97. The predicted molar refractivity (Wildman–Crippen MR) is 106 cm³/mol. The highest BCUT2D eigenvalue weighted by atomic mass is 19.1. The molecule has 2 rings (SSSR count). The zero-order valence-corrected chi connectivity index (χ0v) is 16.9. The molecule has 0 aliphatic carbocycles. The van der Waals surface area contributed by atoms with Gasteiger partial charge in [0, 0.05) is 44.2 Å². The number of nitrogens with one attached hydrogen (secondary N) is 2. The molecule has 0 unspecified atom stereocenters. The van der Waals surface area contributed by atoms with Crippen molar-refractivity contribution in [1.29, 1.82) is 0 Å². The maximum Gasteiger partial charge on any atom is 0.191 e. The quantitative estimate of drug-likeness (QED) is 0.549. The smallest absolute Gasteiger partial charge is 0.191 e. The van der Waals surface area contributed by atoms with Crippen LogP contribution in [-0.4, -0.2) is 37.2 Å². The zero-order valence-electron chi connectivity index (χ0n) is 16.9. The molecule has 0 saturated heterocycles. The van der Waals surface area contributed by atoms with E-state index in [0.717, 1.165) is 35.4 Å². The van der Waals surface area contributed by atoms with Crippen LogP contribution in [0.5, 0.6) is 0 Å². The van der Waals surface area contributed by atoms with E-state index < -0.39 is 0 Å². The number of guanidine groups is 1. The van der Waals surface area contributed by atoms with E-state index in [-0.39, 0.29) is 5.82 Å². The Labute approximate surface area is 160 Å². The van der Waals surface area contributed by atoms with Crippen molar-refractivity contribution >= 4 is 5.96 Å². The third kappa shape index (κ3) is 5.79. The molecule has 2 N–H and O–H groups in total. The van der Waals surface area contributed by atoms with Gasteiger partial charge >= 0.3 is 0 Å². The van der Waals surface area contributed by atoms with Gasteiger partial charge in [0.2, 0.25) is 0 Å². The van der Waals surface area contributed by atoms with Crippen LogP contribution in [0.15, 0.2) is 27.7 Å². The van der Waals surface area contributed by atoms with Crippen molar-refractivity contribution in [3.8, 4) is 0 Å². The maximum absolute atomic E-state index is 13.9. The zero-order chi connectivity index (χ0) is 19.8. The lowest BCUT2D eigenvalue weighted by Crippen LogP contribution is -2.36. The molecular weight excluding hydrogens is 345 g/mol. The molecule has 6 nitrogen and oxygen atoms in total. The minimum Gasteiger partial charge on any atom is -0.361 e. The standard InChI is InChI=1S/C20H30FN5O/c1-6-18-16(19(7-2)27-25-18)12-24-20(22-3)23-11-14-8-9-17(21)15(10-14)13-26(4)5/h8-10H,6-7,11-13H2,1-5H3,(H2,22,23,24). The fourth-order valence-corrected chi connectivity index (χ4v) is 2.92. The highest BCUT2D eigenvalue weighted by molar-refractivity contribution is 5.79. The van der Waals surface area contributed by atoms with Gasteiger partial charge in [-0.2, -0.15) is 0 Å². The molecule has 0 amide bonds. The summed E-state index contributed by atoms with van der Waals surface area (Å²) in [6.45, 7) is 5.85. The fraction of sp³-hybridized carbons (Fsp3) is 0.500. The molecule has 7 heteroatoms. The van der Waals surface area contributed by atoms with Gasteiger partial charge in [-0.25, -0.2) is 4.39 Å². The second-order valence-corrected chi connectivity index (χ2v) is 6.68. The van der Waals surface area contributed by atoms with E-state index in [4.69, 9.17) is 4.52 Å². The summed E-state index contributed by atoms with van der Waals surface area (Å²) in [5.74, 6) is 1.40. The lowest BCUT2D eigenvalue weighted by Gasteiger charge is -2.14. The number of hydrogen-bond donors (Lipinski definition) is 2. The van der Waals surface area contributed by atoms with Crippen LogP contribution < -0.4 is 10.6 Å². The maximum atomic E-state index is 13.9. The van der Waals surface area contributed by atoms with Crippen molar-refractivity contribution in [2.45, 2.75) is 46.3 Å². The number of aryl methyl sites for hydroxylation is 2. The van der Waals surface area contributed by atoms with E-state index in [9.17, 15) is 4.39 Å². The van der Waals surface area contributed by atoms with Crippen LogP contribution in [0.2, 0.25) is 0 Å². The van der Waals surface area contributed by atoms with Crippen molar-refractivity contribution in [3.05, 3.63) is 52.2 Å². The Morgan fingerprint density at radius 3 is 2.56 bits per heavy atom. The molecule has 148 valence electrons. The summed E-state index contributed by atoms with van der Waals surface area (Å²) in [5, 5.41) is 10.7. The van der Waals surface area contributed by atoms with Crippen molar-refractivity contribution in [3.63, 3.8) is 0 Å². The van der Waals surface area contributed by atoms with Gasteiger partial charge in [-0.3, -0.25) is 4.99 Å². The molecule has 0 spiro atoms. The first-order valence-corrected chi connectivity index (χ1v) is 9.31. The summed E-state index contributed by atoms with van der Waals surface area (Å²) in [5.41, 5.74) is 3.76. The number of benzene rings is 1. The Bertz CT molecular complexity index is 748. The second-order valence-electron chi connectivity index (χ2n) is 6.68. The number of halogens is 1. The number of aromatic nitrogens is 1. The molecule has 0 bridgehead atoms. The van der Waals surface area contributed by atoms with Crippen molar-refractivity contribution in [1.82, 2.24) is 20.7 Å². The molecule has 1 heterocycles. The molecule has 2 aromatic rings. The first-order chi connectivity index (χ1) is 13.0. The first kappa shape index (κ1) is 20.9. The van der Waals surface area contributed by atoms with Gasteiger partial charge in [-0.05, 0) is 38.2 Å². The van der Waals surface area contributed by atoms with Gasteiger partial charge in [-0.1, -0.05) is 25.1 Å². The van der Waals surface area contributed by atoms with Gasteiger partial charge < -0.3 is 20.1 Å². The molecule has 0 radical (unpaired) electrons. The third-order valence-corrected chi connectivity index (χ3v) is 4.32. The molecule has 1 aromatic carbocycles. The van der Waals surface area contributed by atoms with Crippen LogP contribution in [0.1, 0.15) is 42.0 Å². The van der Waals surface area contributed by atoms with E-state index in [1.54, 1.807) is 13.1 Å². The first-order valence-electron chi connectivity index (χ1n) is 9.31. The van der Waals surface area contributed by atoms with Crippen LogP contribution in [0.3, 0.4) is 0 Å². The normalized spacial score (nSPS) is 11.9. The molecule has 0 atom stereocenters. The fourth-order valence-electron chi connectivity index (χ4n) is 2.92. The van der Waals surface area contributed by atoms with Crippen LogP contribution in [0.4, 0.5) is 4.39 Å². The van der Waals surface area contributed by atoms with Gasteiger partial charge in [-0.15, -0.1) is 0 Å². The average molecular weight is 375 g/mol. The van der Waals surface area contributed by atoms with Gasteiger partial charge in [0.1, 0.15) is 11.6 Å². The van der Waals surface area contributed by atoms with Crippen molar-refractivity contribution in [2.75, 3.05) is 21.1 Å². The monoisotopic (exact) mass is 375 g/mol. The molecule has 1 aromatic heterocycles. The molecule has 0 fully saturated rings. The van der Waals surface area contributed by atoms with E-state index in [1.807, 2.05) is 25.1 Å². The van der Waals surface area contributed by atoms with Crippen molar-refractivity contribution in [2.24, 2.45) is 4.99 Å². The summed E-state index contributed by atoms with van der Waals surface area (Å²) in [4.78, 5) is 6.21. The predicted octanol–water partition coefficient (Wildman–Crippen LogP) is 2.87. The Morgan fingerprint density at radius 1 is 1.19 bits per heavy atom. The van der Waals surface area contributed by atoms with Crippen LogP contribution in [0, 0.1) is 5.82 Å². The average Bonchev–Trinajstić information content (AvgIpc) is 3.06. The van der Waals surface area contributed by atoms with Gasteiger partial charge in [0.05, 0.1) is 5.69 Å². The van der Waals surface area contributed by atoms with E-state index in [2.05, 4.69) is 34.6 Å². The number of hydrogen-bond acceptors (Lipinski definition) is 4. The number of aliphatic imine (C=N–C) groups is 1. The Kier molecular flexibility index (Phi) is 7.79. The number of nitrogens with zero attached hydrogens (tertiary/aromatic N) is 3. The van der Waals surface area contributed by atoms with Crippen LogP contribution in [-0.2, 0) is 32.5 Å². The lowest BCUT2D eigenvalue weighted by atomic mass is 10.1. The summed E-state index contributed by atoms with van der Waals surface area (Å²) in [7, 11) is 5.58. The van der Waals surface area contributed by atoms with E-state index in [0.29, 0.717) is 31.2 Å². The second kappa shape index (κ2) is 10.1. The molecule has 0 aliphatic heterocycles. The third-order valence-electron chi connectivity index (χ3n) is 4.32. The summed E-state index contributed by atoms with van der Waals surface area (Å²) in [6, 6.07) is 5.20. The highest BCUT2D eigenvalue weighted by Gasteiger charge is 2.13. The Hall–Kier alpha value is -2.41. The van der Waals surface area contributed by atoms with Crippen molar-refractivity contribution < 1.29 is 8.91 Å². The molecule has 0 saturated carbocycles. The summed E-state index contributed by atoms with van der Waals surface area (Å²) < 4.78 is 19.3. The van der Waals surface area contributed by atoms with Crippen LogP contribution >= 0.6 is 0 Å². The summed E-state index contributed by atoms with van der Waals surface area (Å²) >= 11 is 0. The Morgan fingerprint density at radius 2 is 1.93 bits per heavy atom. The molecule has 27 heavy (non-hydrogen) atoms.